The van der Waals surface area contributed by atoms with Crippen molar-refractivity contribution in [3.8, 4) is 6.07 Å². The molecule has 0 unspecified atom stereocenters. The van der Waals surface area contributed by atoms with Crippen molar-refractivity contribution in [3.05, 3.63) is 29.6 Å². The van der Waals surface area contributed by atoms with Crippen LogP contribution in [0, 0.1) is 11.3 Å². The molecule has 0 aliphatic rings. The van der Waals surface area contributed by atoms with E-state index < -0.39 is 5.97 Å². The third kappa shape index (κ3) is 3.78. The molecule has 0 aliphatic carbocycles. The first-order valence-corrected chi connectivity index (χ1v) is 5.73. The van der Waals surface area contributed by atoms with Crippen LogP contribution in [0.2, 0.25) is 0 Å². The highest BCUT2D eigenvalue weighted by atomic mass is 16.5. The molecule has 0 atom stereocenters. The number of ether oxygens (including phenoxy) is 1. The molecule has 0 saturated carbocycles. The molecule has 1 rings (SSSR count). The number of nitrogens with zero attached hydrogens (tertiary/aromatic N) is 3. The number of pyridine rings is 1. The van der Waals surface area contributed by atoms with E-state index in [2.05, 4.69) is 9.72 Å². The molecule has 0 radical (unpaired) electrons. The molecule has 0 N–H and O–H groups in total. The predicted molar refractivity (Wildman–Crippen MR) is 67.1 cm³/mol. The Hall–Kier alpha value is -2.42. The second-order valence-electron chi connectivity index (χ2n) is 4.15. The summed E-state index contributed by atoms with van der Waals surface area (Å²) in [5, 5.41) is 8.67. The fourth-order valence-electron chi connectivity index (χ4n) is 1.43. The van der Waals surface area contributed by atoms with Crippen LogP contribution >= 0.6 is 0 Å². The molecule has 1 aromatic rings. The maximum Gasteiger partial charge on any atom is 0.325 e. The topological polar surface area (TPSA) is 83.3 Å². The fraction of sp³-hybridized carbons (Fsp3) is 0.385. The summed E-state index contributed by atoms with van der Waals surface area (Å²) in [6, 6.07) is 4.74. The third-order valence-electron chi connectivity index (χ3n) is 2.52. The highest BCUT2D eigenvalue weighted by molar-refractivity contribution is 5.94. The molecule has 6 heteroatoms. The molecule has 0 aromatic carbocycles. The van der Waals surface area contributed by atoms with E-state index in [0.29, 0.717) is 5.56 Å². The number of esters is 1. The summed E-state index contributed by atoms with van der Waals surface area (Å²) in [5.74, 6) is -0.861. The fourth-order valence-corrected chi connectivity index (χ4v) is 1.43. The number of carbonyl (C=O) groups is 2. The Kier molecular flexibility index (Phi) is 5.01. The minimum Gasteiger partial charge on any atom is -0.468 e. The average Bonchev–Trinajstić information content (AvgIpc) is 2.43. The molecule has 19 heavy (non-hydrogen) atoms. The largest absolute Gasteiger partial charge is 0.468 e. The van der Waals surface area contributed by atoms with Crippen molar-refractivity contribution in [2.45, 2.75) is 19.9 Å². The van der Waals surface area contributed by atoms with Crippen molar-refractivity contribution >= 4 is 11.9 Å². The van der Waals surface area contributed by atoms with Gasteiger partial charge in [-0.25, -0.2) is 4.98 Å². The maximum absolute atomic E-state index is 12.2. The van der Waals surface area contributed by atoms with Crippen molar-refractivity contribution in [2.24, 2.45) is 0 Å². The molecular weight excluding hydrogens is 246 g/mol. The van der Waals surface area contributed by atoms with Crippen molar-refractivity contribution in [1.82, 2.24) is 9.88 Å². The van der Waals surface area contributed by atoms with Crippen LogP contribution in [-0.4, -0.2) is 41.5 Å². The van der Waals surface area contributed by atoms with Gasteiger partial charge in [0.2, 0.25) is 0 Å². The number of methoxy groups -OCH3 is 1. The molecule has 6 nitrogen and oxygen atoms in total. The van der Waals surface area contributed by atoms with Gasteiger partial charge in [-0.2, -0.15) is 5.26 Å². The number of hydrogen-bond donors (Lipinski definition) is 0. The minimum absolute atomic E-state index is 0.130. The third-order valence-corrected chi connectivity index (χ3v) is 2.52. The summed E-state index contributed by atoms with van der Waals surface area (Å²) in [5.41, 5.74) is 0.567. The SMILES string of the molecule is COC(=O)CN(C(=O)c1ccc(C#N)cn1)C(C)C. The van der Waals surface area contributed by atoms with Crippen LogP contribution in [0.1, 0.15) is 29.9 Å². The Balaban J connectivity index is 2.92. The van der Waals surface area contributed by atoms with Gasteiger partial charge in [-0.05, 0) is 26.0 Å². The molecule has 1 aromatic heterocycles. The van der Waals surface area contributed by atoms with Gasteiger partial charge in [0.05, 0.1) is 12.7 Å². The lowest BCUT2D eigenvalue weighted by atomic mass is 10.2. The van der Waals surface area contributed by atoms with Gasteiger partial charge in [0.1, 0.15) is 18.3 Å². The Morgan fingerprint density at radius 3 is 2.58 bits per heavy atom. The highest BCUT2D eigenvalue weighted by Crippen LogP contribution is 2.07. The van der Waals surface area contributed by atoms with Gasteiger partial charge in [-0.15, -0.1) is 0 Å². The lowest BCUT2D eigenvalue weighted by Crippen LogP contribution is -2.41. The second-order valence-corrected chi connectivity index (χ2v) is 4.15. The zero-order chi connectivity index (χ0) is 14.4. The smallest absolute Gasteiger partial charge is 0.325 e. The van der Waals surface area contributed by atoms with E-state index in [-0.39, 0.29) is 24.2 Å². The van der Waals surface area contributed by atoms with E-state index in [1.54, 1.807) is 13.8 Å². The van der Waals surface area contributed by atoms with E-state index in [1.807, 2.05) is 6.07 Å². The Morgan fingerprint density at radius 2 is 2.16 bits per heavy atom. The standard InChI is InChI=1S/C13H15N3O3/c1-9(2)16(8-12(17)19-3)13(18)11-5-4-10(6-14)7-15-11/h4-5,7,9H,8H2,1-3H3. The van der Waals surface area contributed by atoms with Crippen LogP contribution in [0.4, 0.5) is 0 Å². The number of carbonyl (C=O) groups excluding carboxylic acids is 2. The van der Waals surface area contributed by atoms with Crippen LogP contribution in [0.5, 0.6) is 0 Å². The monoisotopic (exact) mass is 261 g/mol. The summed E-state index contributed by atoms with van der Waals surface area (Å²) in [6.45, 7) is 3.46. The lowest BCUT2D eigenvalue weighted by molar-refractivity contribution is -0.141. The Bertz CT molecular complexity index is 503. The van der Waals surface area contributed by atoms with E-state index in [9.17, 15) is 9.59 Å². The zero-order valence-electron chi connectivity index (χ0n) is 11.1. The molecule has 0 bridgehead atoms. The number of rotatable bonds is 4. The van der Waals surface area contributed by atoms with Gasteiger partial charge >= 0.3 is 5.97 Å². The number of hydrogen-bond acceptors (Lipinski definition) is 5. The lowest BCUT2D eigenvalue weighted by Gasteiger charge is -2.25. The molecule has 1 amide bonds. The van der Waals surface area contributed by atoms with Gasteiger partial charge in [-0.3, -0.25) is 9.59 Å². The summed E-state index contributed by atoms with van der Waals surface area (Å²) < 4.78 is 4.56. The Labute approximate surface area is 111 Å². The molecule has 0 aliphatic heterocycles. The van der Waals surface area contributed by atoms with Gasteiger partial charge in [-0.1, -0.05) is 0 Å². The van der Waals surface area contributed by atoms with Crippen molar-refractivity contribution in [2.75, 3.05) is 13.7 Å². The Morgan fingerprint density at radius 1 is 1.47 bits per heavy atom. The number of aromatic nitrogens is 1. The maximum atomic E-state index is 12.2. The first-order valence-electron chi connectivity index (χ1n) is 5.73. The van der Waals surface area contributed by atoms with E-state index >= 15 is 0 Å². The molecular formula is C13H15N3O3. The van der Waals surface area contributed by atoms with Crippen LogP contribution in [0.15, 0.2) is 18.3 Å². The predicted octanol–water partition coefficient (Wildman–Crippen LogP) is 0.977. The van der Waals surface area contributed by atoms with Crippen molar-refractivity contribution in [3.63, 3.8) is 0 Å². The number of nitriles is 1. The quantitative estimate of drug-likeness (QED) is 0.754. The summed E-state index contributed by atoms with van der Waals surface area (Å²) in [6.07, 6.45) is 1.32. The molecule has 100 valence electrons. The second kappa shape index (κ2) is 6.50. The van der Waals surface area contributed by atoms with Gasteiger partial charge in [0.15, 0.2) is 0 Å². The van der Waals surface area contributed by atoms with Gasteiger partial charge in [0, 0.05) is 12.2 Å². The van der Waals surface area contributed by atoms with Crippen molar-refractivity contribution < 1.29 is 14.3 Å². The normalized spacial score (nSPS) is 9.84. The number of amides is 1. The van der Waals surface area contributed by atoms with E-state index in [0.717, 1.165) is 0 Å². The van der Waals surface area contributed by atoms with Gasteiger partial charge in [0.25, 0.3) is 5.91 Å². The van der Waals surface area contributed by atoms with Gasteiger partial charge < -0.3 is 9.64 Å². The first kappa shape index (κ1) is 14.6. The van der Waals surface area contributed by atoms with Crippen LogP contribution in [-0.2, 0) is 9.53 Å². The highest BCUT2D eigenvalue weighted by Gasteiger charge is 2.22. The molecule has 0 saturated heterocycles. The summed E-state index contributed by atoms with van der Waals surface area (Å²) in [4.78, 5) is 28.8. The van der Waals surface area contributed by atoms with Crippen LogP contribution in [0.3, 0.4) is 0 Å². The first-order chi connectivity index (χ1) is 8.99. The van der Waals surface area contributed by atoms with Crippen LogP contribution in [0.25, 0.3) is 0 Å². The van der Waals surface area contributed by atoms with E-state index in [4.69, 9.17) is 5.26 Å². The van der Waals surface area contributed by atoms with Crippen molar-refractivity contribution in [1.29, 1.82) is 5.26 Å². The average molecular weight is 261 g/mol. The van der Waals surface area contributed by atoms with Crippen LogP contribution < -0.4 is 0 Å². The van der Waals surface area contributed by atoms with E-state index in [1.165, 1.54) is 30.3 Å². The zero-order valence-corrected chi connectivity index (χ0v) is 11.1. The summed E-state index contributed by atoms with van der Waals surface area (Å²) in [7, 11) is 1.27. The molecule has 1 heterocycles. The molecule has 0 spiro atoms. The summed E-state index contributed by atoms with van der Waals surface area (Å²) >= 11 is 0. The molecule has 0 fully saturated rings. The minimum atomic E-state index is -0.490.